The number of anilines is 1. The molecule has 0 atom stereocenters. The maximum Gasteiger partial charge on any atom is 0.336 e. The molecule has 0 fully saturated rings. The summed E-state index contributed by atoms with van der Waals surface area (Å²) in [5.74, 6) is -2.60. The van der Waals surface area contributed by atoms with Crippen LogP contribution in [0.15, 0.2) is 122 Å². The van der Waals surface area contributed by atoms with E-state index in [1.54, 1.807) is 43.3 Å². The van der Waals surface area contributed by atoms with Crippen molar-refractivity contribution in [3.05, 3.63) is 147 Å². The van der Waals surface area contributed by atoms with E-state index in [1.165, 1.54) is 30.3 Å². The molecule has 0 bridgehead atoms. The van der Waals surface area contributed by atoms with E-state index in [-0.39, 0.29) is 51.3 Å². The van der Waals surface area contributed by atoms with Crippen LogP contribution in [0.25, 0.3) is 66.8 Å². The minimum atomic E-state index is -1.25. The van der Waals surface area contributed by atoms with Gasteiger partial charge in [0.05, 0.1) is 28.6 Å². The molecule has 4 N–H and O–H groups in total. The number of phenolic OH excluding ortho intramolecular Hbond substituents is 1. The van der Waals surface area contributed by atoms with E-state index >= 15 is 0 Å². The second-order valence-electron chi connectivity index (χ2n) is 14.4. The first-order valence-electron chi connectivity index (χ1n) is 18.7. The van der Waals surface area contributed by atoms with Crippen molar-refractivity contribution < 1.29 is 38.5 Å². The molecular weight excluding hydrogens is 751 g/mol. The highest BCUT2D eigenvalue weighted by Crippen LogP contribution is 2.45. The van der Waals surface area contributed by atoms with Gasteiger partial charge in [0.2, 0.25) is 0 Å². The number of benzene rings is 6. The highest BCUT2D eigenvalue weighted by molar-refractivity contribution is 6.10. The van der Waals surface area contributed by atoms with Crippen LogP contribution in [0.1, 0.15) is 49.1 Å². The van der Waals surface area contributed by atoms with E-state index in [0.29, 0.717) is 67.4 Å². The van der Waals surface area contributed by atoms with Crippen molar-refractivity contribution in [2.45, 2.75) is 20.4 Å². The molecule has 0 unspecified atom stereocenters. The molecule has 0 saturated carbocycles. The fourth-order valence-electron chi connectivity index (χ4n) is 7.56. The van der Waals surface area contributed by atoms with Crippen LogP contribution in [0.4, 0.5) is 5.69 Å². The van der Waals surface area contributed by atoms with Crippen LogP contribution in [0, 0.1) is 6.92 Å². The highest BCUT2D eigenvalue weighted by atomic mass is 16.4. The molecule has 59 heavy (non-hydrogen) atoms. The van der Waals surface area contributed by atoms with Gasteiger partial charge in [-0.15, -0.1) is 0 Å². The Morgan fingerprint density at radius 2 is 1.36 bits per heavy atom. The molecule has 4 aromatic rings. The maximum absolute atomic E-state index is 13.9. The zero-order chi connectivity index (χ0) is 41.7. The molecule has 2 aliphatic heterocycles. The normalized spacial score (nSPS) is 11.8. The van der Waals surface area contributed by atoms with E-state index in [4.69, 9.17) is 8.83 Å². The first-order chi connectivity index (χ1) is 28.3. The Morgan fingerprint density at radius 3 is 2.07 bits per heavy atom. The van der Waals surface area contributed by atoms with Crippen LogP contribution >= 0.6 is 0 Å². The lowest BCUT2D eigenvalue weighted by Gasteiger charge is -2.20. The Balaban J connectivity index is 1.22. The number of hydrogen-bond donors (Lipinski definition) is 4. The summed E-state index contributed by atoms with van der Waals surface area (Å²) in [6, 6.07) is 27.9. The average molecular weight is 788 g/mol. The largest absolute Gasteiger partial charge is 0.507 e. The van der Waals surface area contributed by atoms with Crippen molar-refractivity contribution in [1.29, 1.82) is 0 Å². The molecule has 4 aromatic carbocycles. The molecule has 8 rings (SSSR count). The molecule has 294 valence electrons. The maximum atomic E-state index is 13.9. The molecule has 2 aliphatic carbocycles. The number of carbonyl (C=O) groups is 3. The van der Waals surface area contributed by atoms with E-state index in [2.05, 4.69) is 10.3 Å². The number of carbonyl (C=O) groups excluding carboxylic acids is 1. The van der Waals surface area contributed by atoms with Gasteiger partial charge >= 0.3 is 11.9 Å². The summed E-state index contributed by atoms with van der Waals surface area (Å²) in [6.45, 7) is 4.01. The van der Waals surface area contributed by atoms with Gasteiger partial charge < -0.3 is 34.4 Å². The Bertz CT molecular complexity index is 3100. The number of fused-ring (bicyclic) bond motifs is 4. The SMILES string of the molecule is CCN=c1ccc2c(-c3ccc(C(=O)NCc4c(O)ccc5c(-c6ccc(C)cc6C(=O)O)c6ccc(=O)cc-6oc45)cc3C(=O)O)c3ccc(N(C)C)cc3oc-2c1. The van der Waals surface area contributed by atoms with Gasteiger partial charge in [0.1, 0.15) is 28.4 Å². The van der Waals surface area contributed by atoms with Crippen LogP contribution in [0.2, 0.25) is 0 Å². The summed E-state index contributed by atoms with van der Waals surface area (Å²) in [5, 5.41) is 36.5. The summed E-state index contributed by atoms with van der Waals surface area (Å²) in [4.78, 5) is 58.2. The van der Waals surface area contributed by atoms with Gasteiger partial charge in [0, 0.05) is 83.1 Å². The number of carboxylic acids is 2. The number of carboxylic acid groups (broad SMARTS) is 2. The third kappa shape index (κ3) is 6.90. The van der Waals surface area contributed by atoms with Crippen LogP contribution in [0.5, 0.6) is 5.75 Å². The van der Waals surface area contributed by atoms with Crippen molar-refractivity contribution in [2.75, 3.05) is 25.5 Å². The first kappa shape index (κ1) is 38.2. The Labute approximate surface area is 336 Å². The summed E-state index contributed by atoms with van der Waals surface area (Å²) < 4.78 is 12.6. The average Bonchev–Trinajstić information content (AvgIpc) is 3.21. The Morgan fingerprint density at radius 1 is 0.712 bits per heavy atom. The van der Waals surface area contributed by atoms with E-state index in [1.807, 2.05) is 62.3 Å². The third-order valence-electron chi connectivity index (χ3n) is 10.4. The zero-order valence-electron chi connectivity index (χ0n) is 32.4. The molecule has 12 nitrogen and oxygen atoms in total. The Kier molecular flexibility index (Phi) is 9.69. The fraction of sp³-hybridized carbons (Fsp3) is 0.128. The first-order valence-corrected chi connectivity index (χ1v) is 18.7. The van der Waals surface area contributed by atoms with Crippen molar-refractivity contribution in [3.63, 3.8) is 0 Å². The zero-order valence-corrected chi connectivity index (χ0v) is 32.4. The molecule has 0 radical (unpaired) electrons. The number of amides is 1. The Hall–Kier alpha value is -7.73. The van der Waals surface area contributed by atoms with Gasteiger partial charge in [0.25, 0.3) is 5.91 Å². The van der Waals surface area contributed by atoms with Crippen molar-refractivity contribution in [2.24, 2.45) is 4.99 Å². The highest BCUT2D eigenvalue weighted by Gasteiger charge is 2.26. The number of aromatic hydroxyl groups is 1. The lowest BCUT2D eigenvalue weighted by molar-refractivity contribution is 0.0686. The molecule has 2 heterocycles. The van der Waals surface area contributed by atoms with Gasteiger partial charge in [-0.3, -0.25) is 14.6 Å². The third-order valence-corrected chi connectivity index (χ3v) is 10.4. The molecular formula is C47H37N3O9. The van der Waals surface area contributed by atoms with Gasteiger partial charge in [-0.1, -0.05) is 23.8 Å². The number of rotatable bonds is 9. The van der Waals surface area contributed by atoms with Crippen molar-refractivity contribution in [3.8, 4) is 50.7 Å². The van der Waals surface area contributed by atoms with E-state index < -0.39 is 17.8 Å². The topological polar surface area (TPSA) is 183 Å². The molecule has 4 aliphatic rings. The van der Waals surface area contributed by atoms with Crippen LogP contribution in [-0.2, 0) is 6.54 Å². The summed E-state index contributed by atoms with van der Waals surface area (Å²) >= 11 is 0. The smallest absolute Gasteiger partial charge is 0.336 e. The van der Waals surface area contributed by atoms with Crippen molar-refractivity contribution in [1.82, 2.24) is 5.32 Å². The van der Waals surface area contributed by atoms with Gasteiger partial charge in [-0.2, -0.15) is 0 Å². The number of aromatic carboxylic acids is 2. The molecule has 1 amide bonds. The number of nitrogens with one attached hydrogen (secondary N) is 1. The summed E-state index contributed by atoms with van der Waals surface area (Å²) in [7, 11) is 3.82. The summed E-state index contributed by atoms with van der Waals surface area (Å²) in [6.07, 6.45) is 0. The van der Waals surface area contributed by atoms with Gasteiger partial charge in [0.15, 0.2) is 5.43 Å². The molecule has 0 aromatic heterocycles. The van der Waals surface area contributed by atoms with Crippen LogP contribution in [-0.4, -0.2) is 53.8 Å². The molecule has 0 spiro atoms. The van der Waals surface area contributed by atoms with Gasteiger partial charge in [-0.05, 0) is 91.7 Å². The second-order valence-corrected chi connectivity index (χ2v) is 14.4. The number of hydrogen-bond acceptors (Lipinski definition) is 9. The predicted octanol–water partition coefficient (Wildman–Crippen LogP) is 8.41. The second kappa shape index (κ2) is 15.0. The standard InChI is InChI=1S/C47H37N3O9/c1-5-48-26-8-13-31-39(20-26)58-40-21-27(50(3)4)9-14-32(40)42(31)30-12-7-25(19-36(30)47(56)57)45(53)49-23-37-38(52)17-16-34-43(29-11-6-24(2)18-35(29)46(54)55)33-15-10-28(51)22-41(33)59-44(34)37/h6-22,52H,5,23H2,1-4H3,(H,49,53)(H,54,55)(H,56,57). The minimum absolute atomic E-state index is 0.0339. The van der Waals surface area contributed by atoms with Crippen molar-refractivity contribution >= 4 is 45.5 Å². The molecule has 0 saturated heterocycles. The quantitative estimate of drug-likeness (QED) is 0.104. The van der Waals surface area contributed by atoms with E-state index in [9.17, 15) is 34.5 Å². The fourth-order valence-corrected chi connectivity index (χ4v) is 7.56. The molecule has 12 heteroatoms. The minimum Gasteiger partial charge on any atom is -0.507 e. The van der Waals surface area contributed by atoms with Crippen LogP contribution in [0.3, 0.4) is 0 Å². The monoisotopic (exact) mass is 787 g/mol. The van der Waals surface area contributed by atoms with E-state index in [0.717, 1.165) is 11.3 Å². The number of nitrogens with zero attached hydrogens (tertiary/aromatic N) is 2. The lowest BCUT2D eigenvalue weighted by atomic mass is 9.89. The number of phenols is 1. The lowest BCUT2D eigenvalue weighted by Crippen LogP contribution is -2.23. The van der Waals surface area contributed by atoms with Crippen LogP contribution < -0.4 is 21.0 Å². The van der Waals surface area contributed by atoms with Gasteiger partial charge in [-0.25, -0.2) is 9.59 Å². The number of aryl methyl sites for hydroxylation is 1. The summed E-state index contributed by atoms with van der Waals surface area (Å²) in [5.41, 5.74) is 5.02. The predicted molar refractivity (Wildman–Crippen MR) is 225 cm³/mol.